The van der Waals surface area contributed by atoms with Crippen molar-refractivity contribution in [3.05, 3.63) is 60.4 Å². The average Bonchev–Trinajstić information content (AvgIpc) is 3.58. The van der Waals surface area contributed by atoms with Crippen LogP contribution < -0.4 is 10.2 Å². The summed E-state index contributed by atoms with van der Waals surface area (Å²) in [6.07, 6.45) is 16.8. The summed E-state index contributed by atoms with van der Waals surface area (Å²) in [4.78, 5) is 11.6. The zero-order chi connectivity index (χ0) is 23.5. The second-order valence-electron chi connectivity index (χ2n) is 11.4. The van der Waals surface area contributed by atoms with Crippen molar-refractivity contribution in [2.45, 2.75) is 52.1 Å². The summed E-state index contributed by atoms with van der Waals surface area (Å²) >= 11 is 0. The number of anilines is 1. The van der Waals surface area contributed by atoms with E-state index in [1.807, 2.05) is 23.3 Å². The lowest BCUT2D eigenvalue weighted by atomic mass is 9.36. The highest BCUT2D eigenvalue weighted by Gasteiger charge is 2.64. The molecule has 0 spiro atoms. The van der Waals surface area contributed by atoms with E-state index in [9.17, 15) is 0 Å². The minimum absolute atomic E-state index is 0.586. The first-order valence-corrected chi connectivity index (χ1v) is 12.8. The lowest BCUT2D eigenvalue weighted by Crippen LogP contribution is -2.63. The Morgan fingerprint density at radius 1 is 1.03 bits per heavy atom. The molecule has 2 bridgehead atoms. The van der Waals surface area contributed by atoms with Crippen LogP contribution in [-0.2, 0) is 13.1 Å². The molecule has 180 valence electrons. The van der Waals surface area contributed by atoms with Crippen LogP contribution >= 0.6 is 0 Å². The van der Waals surface area contributed by atoms with Crippen molar-refractivity contribution in [2.75, 3.05) is 24.5 Å². The predicted molar refractivity (Wildman–Crippen MR) is 135 cm³/mol. The molecule has 5 heterocycles. The van der Waals surface area contributed by atoms with E-state index in [2.05, 4.69) is 67.4 Å². The Hall–Kier alpha value is -3.26. The first-order chi connectivity index (χ1) is 17.0. The molecule has 4 aromatic rings. The van der Waals surface area contributed by atoms with Crippen molar-refractivity contribution in [1.82, 2.24) is 34.7 Å². The second kappa shape index (κ2) is 7.88. The summed E-state index contributed by atoms with van der Waals surface area (Å²) in [5.41, 5.74) is 7.49. The molecular weight excluding hydrogens is 436 g/mol. The van der Waals surface area contributed by atoms with Crippen LogP contribution in [0.3, 0.4) is 0 Å². The van der Waals surface area contributed by atoms with Crippen molar-refractivity contribution < 1.29 is 0 Å². The van der Waals surface area contributed by atoms with Crippen LogP contribution in [-0.4, -0.2) is 49.0 Å². The van der Waals surface area contributed by atoms with Crippen LogP contribution in [0.1, 0.15) is 50.3 Å². The van der Waals surface area contributed by atoms with E-state index < -0.39 is 0 Å². The van der Waals surface area contributed by atoms with Gasteiger partial charge in [0.15, 0.2) is 0 Å². The van der Waals surface area contributed by atoms with Gasteiger partial charge in [-0.25, -0.2) is 9.67 Å². The third-order valence-corrected chi connectivity index (χ3v) is 8.15. The Kier molecular flexibility index (Phi) is 4.74. The van der Waals surface area contributed by atoms with Gasteiger partial charge in [0.2, 0.25) is 0 Å². The first-order valence-electron chi connectivity index (χ1n) is 12.8. The molecule has 8 rings (SSSR count). The maximum atomic E-state index is 4.79. The molecule has 1 saturated heterocycles. The Labute approximate surface area is 205 Å². The van der Waals surface area contributed by atoms with E-state index in [0.29, 0.717) is 17.4 Å². The Bertz CT molecular complexity index is 1360. The van der Waals surface area contributed by atoms with E-state index in [1.54, 1.807) is 0 Å². The fourth-order valence-corrected chi connectivity index (χ4v) is 6.88. The van der Waals surface area contributed by atoms with E-state index in [1.165, 1.54) is 43.4 Å². The van der Waals surface area contributed by atoms with Gasteiger partial charge in [-0.3, -0.25) is 4.98 Å². The molecule has 0 aromatic carbocycles. The second-order valence-corrected chi connectivity index (χ2v) is 11.4. The van der Waals surface area contributed by atoms with Gasteiger partial charge in [-0.1, -0.05) is 18.2 Å². The van der Waals surface area contributed by atoms with Crippen LogP contribution in [0.25, 0.3) is 16.9 Å². The fraction of sp³-hybridized carbons (Fsp3) is 0.481. The SMILES string of the molecule is CC12CC(CNCc3ccc4nc(Cn5cc(-c6cncc(N7CCCC7)c6)nn5)cn4c3)(C1)C2. The molecule has 0 atom stereocenters. The third-order valence-electron chi connectivity index (χ3n) is 8.15. The van der Waals surface area contributed by atoms with Crippen molar-refractivity contribution in [3.63, 3.8) is 0 Å². The monoisotopic (exact) mass is 468 g/mol. The number of aromatic nitrogens is 6. The lowest BCUT2D eigenvalue weighted by Gasteiger charge is -2.70. The van der Waals surface area contributed by atoms with Gasteiger partial charge in [0.25, 0.3) is 0 Å². The molecule has 1 aliphatic heterocycles. The molecule has 8 nitrogen and oxygen atoms in total. The number of pyridine rings is 2. The summed E-state index contributed by atoms with van der Waals surface area (Å²) in [7, 11) is 0. The van der Waals surface area contributed by atoms with Gasteiger partial charge in [0.05, 0.1) is 30.3 Å². The minimum atomic E-state index is 0.586. The number of fused-ring (bicyclic) bond motifs is 1. The third kappa shape index (κ3) is 3.89. The van der Waals surface area contributed by atoms with Gasteiger partial charge >= 0.3 is 0 Å². The molecule has 0 radical (unpaired) electrons. The number of rotatable bonds is 8. The maximum Gasteiger partial charge on any atom is 0.137 e. The van der Waals surface area contributed by atoms with Crippen LogP contribution in [0.15, 0.2) is 49.2 Å². The van der Waals surface area contributed by atoms with Gasteiger partial charge in [0, 0.05) is 50.3 Å². The van der Waals surface area contributed by atoms with Crippen LogP contribution in [0.4, 0.5) is 5.69 Å². The minimum Gasteiger partial charge on any atom is -0.370 e. The van der Waals surface area contributed by atoms with Gasteiger partial charge in [-0.05, 0) is 60.6 Å². The van der Waals surface area contributed by atoms with Gasteiger partial charge in [-0.15, -0.1) is 5.10 Å². The van der Waals surface area contributed by atoms with Crippen LogP contribution in [0, 0.1) is 10.8 Å². The summed E-state index contributed by atoms with van der Waals surface area (Å²) in [6, 6.07) is 6.45. The standard InChI is InChI=1S/C27H32N8/c1-26-16-27(17-26,18-26)19-29-9-20-4-5-25-30-22(13-34(25)12-20)14-35-15-24(31-32-35)21-8-23(11-28-10-21)33-6-2-3-7-33/h4-5,8,10-13,15,29H,2-3,6-7,9,14,16-19H2,1H3. The molecule has 1 N–H and O–H groups in total. The number of nitrogens with one attached hydrogen (secondary N) is 1. The highest BCUT2D eigenvalue weighted by molar-refractivity contribution is 5.63. The van der Waals surface area contributed by atoms with Crippen molar-refractivity contribution >= 4 is 11.3 Å². The highest BCUT2D eigenvalue weighted by Crippen LogP contribution is 2.72. The fourth-order valence-electron chi connectivity index (χ4n) is 6.88. The van der Waals surface area contributed by atoms with Gasteiger partial charge in [0.1, 0.15) is 11.3 Å². The van der Waals surface area contributed by atoms with Crippen molar-refractivity contribution in [1.29, 1.82) is 0 Å². The number of nitrogens with zero attached hydrogens (tertiary/aromatic N) is 7. The summed E-state index contributed by atoms with van der Waals surface area (Å²) in [6.45, 7) is 7.25. The van der Waals surface area contributed by atoms with Crippen molar-refractivity contribution in [2.24, 2.45) is 10.8 Å². The van der Waals surface area contributed by atoms with Gasteiger partial charge in [-0.2, -0.15) is 0 Å². The smallest absolute Gasteiger partial charge is 0.137 e. The largest absolute Gasteiger partial charge is 0.370 e. The molecule has 3 saturated carbocycles. The van der Waals surface area contributed by atoms with E-state index >= 15 is 0 Å². The maximum absolute atomic E-state index is 4.79. The Balaban J connectivity index is 1.01. The molecule has 4 aliphatic rings. The topological polar surface area (TPSA) is 76.2 Å². The van der Waals surface area contributed by atoms with E-state index in [4.69, 9.17) is 4.98 Å². The van der Waals surface area contributed by atoms with Gasteiger partial charge < -0.3 is 14.6 Å². The average molecular weight is 469 g/mol. The Morgan fingerprint density at radius 3 is 2.71 bits per heavy atom. The molecule has 4 aromatic heterocycles. The molecule has 4 fully saturated rings. The predicted octanol–water partition coefficient (Wildman–Crippen LogP) is 3.92. The van der Waals surface area contributed by atoms with Crippen LogP contribution in [0.5, 0.6) is 0 Å². The molecule has 8 heteroatoms. The summed E-state index contributed by atoms with van der Waals surface area (Å²) in [5.74, 6) is 0. The van der Waals surface area contributed by atoms with E-state index in [-0.39, 0.29) is 0 Å². The molecular formula is C27H32N8. The highest BCUT2D eigenvalue weighted by atomic mass is 15.4. The zero-order valence-corrected chi connectivity index (χ0v) is 20.3. The normalized spacial score (nSPS) is 25.1. The van der Waals surface area contributed by atoms with Crippen molar-refractivity contribution in [3.8, 4) is 11.3 Å². The van der Waals surface area contributed by atoms with Crippen LogP contribution in [0.2, 0.25) is 0 Å². The molecule has 0 unspecified atom stereocenters. The van der Waals surface area contributed by atoms with E-state index in [0.717, 1.165) is 48.8 Å². The zero-order valence-electron chi connectivity index (χ0n) is 20.3. The molecule has 0 amide bonds. The summed E-state index contributed by atoms with van der Waals surface area (Å²) < 4.78 is 3.97. The first kappa shape index (κ1) is 21.1. The molecule has 3 aliphatic carbocycles. The molecule has 35 heavy (non-hydrogen) atoms. The quantitative estimate of drug-likeness (QED) is 0.423. The number of imidazole rings is 1. The number of hydrogen-bond donors (Lipinski definition) is 1. The Morgan fingerprint density at radius 2 is 1.89 bits per heavy atom. The number of hydrogen-bond acceptors (Lipinski definition) is 6. The summed E-state index contributed by atoms with van der Waals surface area (Å²) in [5, 5.41) is 12.4. The lowest BCUT2D eigenvalue weighted by molar-refractivity contribution is -0.187.